The maximum absolute atomic E-state index is 14.7. The number of benzene rings is 3. The summed E-state index contributed by atoms with van der Waals surface area (Å²) in [5.74, 6) is -2.25. The molecular weight excluding hydrogens is 410 g/mol. The van der Waals surface area contributed by atoms with E-state index in [0.29, 0.717) is 35.0 Å². The summed E-state index contributed by atoms with van der Waals surface area (Å²) < 4.78 is 33.8. The number of nitrogens with zero attached hydrogens (tertiary/aromatic N) is 1. The van der Waals surface area contributed by atoms with E-state index in [9.17, 15) is 13.6 Å². The Morgan fingerprint density at radius 3 is 2.43 bits per heavy atom. The number of nitrogens with two attached hydrogens (primary N) is 1. The Morgan fingerprint density at radius 1 is 1.03 bits per heavy atom. The van der Waals surface area contributed by atoms with Crippen LogP contribution < -0.4 is 10.5 Å². The number of piperidine rings is 1. The van der Waals surface area contributed by atoms with E-state index >= 15 is 0 Å². The van der Waals surface area contributed by atoms with Gasteiger partial charge in [0, 0.05) is 30.3 Å². The molecule has 1 fully saturated rings. The fraction of sp³-hybridized carbons (Fsp3) is 0.261. The Kier molecular flexibility index (Phi) is 6.58. The van der Waals surface area contributed by atoms with Crippen LogP contribution in [0.3, 0.4) is 0 Å². The molecule has 0 aromatic heterocycles. The van der Waals surface area contributed by atoms with Gasteiger partial charge >= 0.3 is 0 Å². The van der Waals surface area contributed by atoms with Gasteiger partial charge in [0.15, 0.2) is 11.6 Å². The van der Waals surface area contributed by atoms with Crippen LogP contribution >= 0.6 is 12.4 Å². The molecule has 1 saturated heterocycles. The van der Waals surface area contributed by atoms with Crippen molar-refractivity contribution in [3.8, 4) is 16.9 Å². The predicted molar refractivity (Wildman–Crippen MR) is 116 cm³/mol. The standard InChI is InChI=1S/C23H22F2N2O2.ClH/c1-29-20-11-10-18(21(24)22(20)25)17-8-9-19(16-7-3-2-6-15(16)17)23(28)27-12-4-5-14(26)13-27;/h2-3,6-11,14H,4-5,12-13,26H2,1H3;1H/t14-;/m0./s1. The van der Waals surface area contributed by atoms with Gasteiger partial charge in [0.25, 0.3) is 5.91 Å². The number of rotatable bonds is 3. The lowest BCUT2D eigenvalue weighted by atomic mass is 9.93. The number of ether oxygens (including phenoxy) is 1. The number of hydrogen-bond acceptors (Lipinski definition) is 3. The zero-order valence-corrected chi connectivity index (χ0v) is 17.3. The first kappa shape index (κ1) is 22.0. The van der Waals surface area contributed by atoms with Gasteiger partial charge in [-0.25, -0.2) is 4.39 Å². The van der Waals surface area contributed by atoms with Gasteiger partial charge in [-0.3, -0.25) is 4.79 Å². The fourth-order valence-electron chi connectivity index (χ4n) is 3.98. The predicted octanol–water partition coefficient (Wildman–Crippen LogP) is 4.78. The summed E-state index contributed by atoms with van der Waals surface area (Å²) in [4.78, 5) is 14.9. The SMILES string of the molecule is COc1ccc(-c2ccc(C(=O)N3CCC[C@H](N)C3)c3ccccc23)c(F)c1F.Cl. The van der Waals surface area contributed by atoms with Crippen LogP contribution in [-0.2, 0) is 0 Å². The summed E-state index contributed by atoms with van der Waals surface area (Å²) in [5.41, 5.74) is 7.21. The first-order valence-corrected chi connectivity index (χ1v) is 9.60. The van der Waals surface area contributed by atoms with Crippen molar-refractivity contribution in [1.82, 2.24) is 4.90 Å². The molecule has 1 atom stereocenters. The zero-order chi connectivity index (χ0) is 20.5. The lowest BCUT2D eigenvalue weighted by Gasteiger charge is -2.31. The van der Waals surface area contributed by atoms with E-state index in [2.05, 4.69) is 0 Å². The molecule has 7 heteroatoms. The summed E-state index contributed by atoms with van der Waals surface area (Å²) in [6, 6.07) is 13.5. The van der Waals surface area contributed by atoms with Crippen molar-refractivity contribution in [2.24, 2.45) is 5.73 Å². The largest absolute Gasteiger partial charge is 0.494 e. The molecule has 0 saturated carbocycles. The number of methoxy groups -OCH3 is 1. The molecule has 0 unspecified atom stereocenters. The molecule has 1 aliphatic rings. The van der Waals surface area contributed by atoms with E-state index in [1.807, 2.05) is 24.3 Å². The number of carbonyl (C=O) groups is 1. The van der Waals surface area contributed by atoms with E-state index in [-0.39, 0.29) is 35.7 Å². The van der Waals surface area contributed by atoms with Crippen molar-refractivity contribution in [1.29, 1.82) is 0 Å². The van der Waals surface area contributed by atoms with Crippen LogP contribution in [0, 0.1) is 11.6 Å². The van der Waals surface area contributed by atoms with Crippen LogP contribution in [0.4, 0.5) is 8.78 Å². The summed E-state index contributed by atoms with van der Waals surface area (Å²) >= 11 is 0. The second-order valence-electron chi connectivity index (χ2n) is 7.30. The van der Waals surface area contributed by atoms with Crippen LogP contribution in [0.5, 0.6) is 5.75 Å². The molecule has 0 radical (unpaired) electrons. The Labute approximate surface area is 180 Å². The quantitative estimate of drug-likeness (QED) is 0.648. The van der Waals surface area contributed by atoms with Gasteiger partial charge in [-0.1, -0.05) is 30.3 Å². The minimum Gasteiger partial charge on any atom is -0.494 e. The van der Waals surface area contributed by atoms with E-state index in [4.69, 9.17) is 10.5 Å². The van der Waals surface area contributed by atoms with Crippen LogP contribution in [0.1, 0.15) is 23.2 Å². The van der Waals surface area contributed by atoms with Gasteiger partial charge in [0.2, 0.25) is 5.82 Å². The number of fused-ring (bicyclic) bond motifs is 1. The van der Waals surface area contributed by atoms with Crippen LogP contribution in [-0.4, -0.2) is 37.0 Å². The van der Waals surface area contributed by atoms with Gasteiger partial charge in [0.05, 0.1) is 7.11 Å². The molecule has 4 rings (SSSR count). The van der Waals surface area contributed by atoms with Gasteiger partial charge in [-0.05, 0) is 47.4 Å². The average molecular weight is 433 g/mol. The van der Waals surface area contributed by atoms with Crippen LogP contribution in [0.15, 0.2) is 48.5 Å². The molecule has 3 aromatic rings. The van der Waals surface area contributed by atoms with E-state index in [0.717, 1.165) is 12.8 Å². The normalized spacial score (nSPS) is 16.3. The minimum atomic E-state index is -1.03. The third-order valence-electron chi connectivity index (χ3n) is 5.46. The Hall–Kier alpha value is -2.70. The van der Waals surface area contributed by atoms with Crippen LogP contribution in [0.2, 0.25) is 0 Å². The highest BCUT2D eigenvalue weighted by Gasteiger charge is 2.25. The highest BCUT2D eigenvalue weighted by molar-refractivity contribution is 6.11. The Balaban J connectivity index is 0.00000256. The maximum atomic E-state index is 14.7. The van der Waals surface area contributed by atoms with Gasteiger partial charge in [0.1, 0.15) is 0 Å². The fourth-order valence-corrected chi connectivity index (χ4v) is 3.98. The topological polar surface area (TPSA) is 55.6 Å². The first-order valence-electron chi connectivity index (χ1n) is 9.60. The summed E-state index contributed by atoms with van der Waals surface area (Å²) in [5, 5.41) is 1.38. The second kappa shape index (κ2) is 8.98. The van der Waals surface area contributed by atoms with Crippen molar-refractivity contribution in [2.45, 2.75) is 18.9 Å². The molecule has 158 valence electrons. The minimum absolute atomic E-state index is 0. The van der Waals surface area contributed by atoms with Crippen molar-refractivity contribution in [3.63, 3.8) is 0 Å². The Bertz CT molecular complexity index is 1090. The van der Waals surface area contributed by atoms with Gasteiger partial charge in [-0.2, -0.15) is 4.39 Å². The van der Waals surface area contributed by atoms with Gasteiger partial charge < -0.3 is 15.4 Å². The van der Waals surface area contributed by atoms with E-state index in [1.165, 1.54) is 19.2 Å². The van der Waals surface area contributed by atoms with Crippen LogP contribution in [0.25, 0.3) is 21.9 Å². The van der Waals surface area contributed by atoms with Crippen molar-refractivity contribution < 1.29 is 18.3 Å². The van der Waals surface area contributed by atoms with E-state index < -0.39 is 11.6 Å². The number of likely N-dealkylation sites (tertiary alicyclic amines) is 1. The number of halogens is 3. The summed E-state index contributed by atoms with van der Waals surface area (Å²) in [6.07, 6.45) is 1.78. The second-order valence-corrected chi connectivity index (χ2v) is 7.30. The molecule has 2 N–H and O–H groups in total. The van der Waals surface area contributed by atoms with Crippen molar-refractivity contribution >= 4 is 29.1 Å². The third kappa shape index (κ3) is 3.85. The molecule has 1 amide bonds. The lowest BCUT2D eigenvalue weighted by Crippen LogP contribution is -2.45. The highest BCUT2D eigenvalue weighted by Crippen LogP contribution is 2.35. The molecule has 1 heterocycles. The number of amides is 1. The number of hydrogen-bond donors (Lipinski definition) is 1. The Morgan fingerprint density at radius 2 is 1.73 bits per heavy atom. The molecule has 30 heavy (non-hydrogen) atoms. The third-order valence-corrected chi connectivity index (χ3v) is 5.46. The monoisotopic (exact) mass is 432 g/mol. The molecule has 0 aliphatic carbocycles. The molecule has 1 aliphatic heterocycles. The van der Waals surface area contributed by atoms with Crippen molar-refractivity contribution in [3.05, 3.63) is 65.7 Å². The number of carbonyl (C=O) groups excluding carboxylic acids is 1. The molecular formula is C23H23ClF2N2O2. The molecule has 0 bridgehead atoms. The molecule has 0 spiro atoms. The van der Waals surface area contributed by atoms with Gasteiger partial charge in [-0.15, -0.1) is 12.4 Å². The zero-order valence-electron chi connectivity index (χ0n) is 16.5. The maximum Gasteiger partial charge on any atom is 0.254 e. The van der Waals surface area contributed by atoms with Crippen molar-refractivity contribution in [2.75, 3.05) is 20.2 Å². The first-order chi connectivity index (χ1) is 14.0. The summed E-state index contributed by atoms with van der Waals surface area (Å²) in [7, 11) is 1.29. The molecule has 4 nitrogen and oxygen atoms in total. The smallest absolute Gasteiger partial charge is 0.254 e. The lowest BCUT2D eigenvalue weighted by molar-refractivity contribution is 0.0711. The van der Waals surface area contributed by atoms with E-state index in [1.54, 1.807) is 17.0 Å². The molecule has 3 aromatic carbocycles. The average Bonchev–Trinajstić information content (AvgIpc) is 2.74. The highest BCUT2D eigenvalue weighted by atomic mass is 35.5. The summed E-state index contributed by atoms with van der Waals surface area (Å²) in [6.45, 7) is 1.19.